The van der Waals surface area contributed by atoms with E-state index >= 15 is 0 Å². The summed E-state index contributed by atoms with van der Waals surface area (Å²) < 4.78 is 6.94. The number of carbonyl (C=O) groups is 3. The van der Waals surface area contributed by atoms with Crippen LogP contribution in [0.4, 0.5) is 0 Å². The summed E-state index contributed by atoms with van der Waals surface area (Å²) in [5, 5.41) is 18.0. The zero-order valence-electron chi connectivity index (χ0n) is 68.9. The van der Waals surface area contributed by atoms with Crippen molar-refractivity contribution >= 4 is 126 Å². The number of aryl methyl sites for hydroxylation is 3. The van der Waals surface area contributed by atoms with E-state index in [0.29, 0.717) is 39.3 Å². The highest BCUT2D eigenvalue weighted by Gasteiger charge is 2.24. The number of hydrogen-bond donors (Lipinski definition) is 0. The largest absolute Gasteiger partial charge is 0.309 e. The molecular formula is C116H87N3O3. The highest BCUT2D eigenvalue weighted by molar-refractivity contribution is 6.24. The summed E-state index contributed by atoms with van der Waals surface area (Å²) in [5.41, 5.74) is 25.9. The molecule has 22 aromatic rings. The van der Waals surface area contributed by atoms with E-state index in [-0.39, 0.29) is 29.2 Å². The minimum Gasteiger partial charge on any atom is -0.309 e. The molecule has 0 fully saturated rings. The van der Waals surface area contributed by atoms with Crippen molar-refractivity contribution in [3.63, 3.8) is 0 Å². The Balaban J connectivity index is 0.000000117. The summed E-state index contributed by atoms with van der Waals surface area (Å²) >= 11 is 0. The van der Waals surface area contributed by atoms with Crippen LogP contribution in [0.2, 0.25) is 0 Å². The monoisotopic (exact) mass is 1570 g/mol. The molecule has 0 bridgehead atoms. The molecule has 3 heterocycles. The number of hydrogen-bond acceptors (Lipinski definition) is 3. The van der Waals surface area contributed by atoms with Crippen molar-refractivity contribution in [3.8, 4) is 17.1 Å². The fourth-order valence-electron chi connectivity index (χ4n) is 18.7. The standard InChI is InChI=1S/C44H31NO.C38H29NO.C34H27NO/c1-27-11-23-40-38(25-27)39-26-34(18-24-41(39)45(40)35-19-14-33(15-20-35)44(46)32-7-4-3-5-8-32)28(2)36-21-16-31-13-12-29-9-6-10-30-17-22-37(36)43(31)42(29)30;1-25-15-21-36-34(23-25)35-24-30(26(2)32-14-8-12-27-9-6-7-13-33(27)32)18-22-37(35)39(36)31-19-16-29(17-20-31)38(40)28-10-4-3-5-11-28;1-23-13-19-32-30(21-23)31-22-28(24(2)25-9-5-3-6-10-25)16-20-33(31)35(32)29-17-14-27(15-18-29)34(36)26-11-7-4-8-12-26/h3-26,28H,1-2H3;3-24,26H,1-2H3;3-22,24H,1-2H3. The van der Waals surface area contributed by atoms with E-state index in [4.69, 9.17) is 0 Å². The normalized spacial score (nSPS) is 12.3. The molecule has 0 amide bonds. The third-order valence-corrected chi connectivity index (χ3v) is 25.2. The van der Waals surface area contributed by atoms with Crippen molar-refractivity contribution in [2.24, 2.45) is 0 Å². The van der Waals surface area contributed by atoms with Gasteiger partial charge in [-0.15, -0.1) is 0 Å². The molecule has 0 saturated heterocycles. The maximum absolute atomic E-state index is 13.1. The van der Waals surface area contributed by atoms with Crippen molar-refractivity contribution in [1.29, 1.82) is 0 Å². The van der Waals surface area contributed by atoms with Gasteiger partial charge in [-0.2, -0.15) is 0 Å². The molecule has 0 aliphatic rings. The van der Waals surface area contributed by atoms with Gasteiger partial charge in [-0.1, -0.05) is 292 Å². The first-order valence-corrected chi connectivity index (χ1v) is 42.2. The number of benzene rings is 19. The average molecular weight is 1570 g/mol. The Hall–Kier alpha value is -15.1. The van der Waals surface area contributed by atoms with Gasteiger partial charge in [0.1, 0.15) is 0 Å². The molecule has 19 aromatic carbocycles. The first kappa shape index (κ1) is 75.6. The summed E-state index contributed by atoms with van der Waals surface area (Å²) in [6, 6.07) is 139. The van der Waals surface area contributed by atoms with Crippen LogP contribution in [-0.4, -0.2) is 31.1 Å². The van der Waals surface area contributed by atoms with Crippen LogP contribution in [0.3, 0.4) is 0 Å². The van der Waals surface area contributed by atoms with Crippen molar-refractivity contribution in [1.82, 2.24) is 13.7 Å². The van der Waals surface area contributed by atoms with Gasteiger partial charge in [0, 0.05) is 101 Å². The summed E-state index contributed by atoms with van der Waals surface area (Å²) in [7, 11) is 0. The van der Waals surface area contributed by atoms with Crippen LogP contribution in [0.1, 0.15) is 136 Å². The quantitative estimate of drug-likeness (QED) is 0.0759. The predicted octanol–water partition coefficient (Wildman–Crippen LogP) is 29.5. The molecule has 0 spiro atoms. The van der Waals surface area contributed by atoms with Crippen LogP contribution in [0.15, 0.2) is 400 Å². The second kappa shape index (κ2) is 31.6. The Morgan fingerprint density at radius 1 is 0.205 bits per heavy atom. The average Bonchev–Trinajstić information content (AvgIpc) is 1.59. The lowest BCUT2D eigenvalue weighted by Gasteiger charge is -2.19. The Morgan fingerprint density at radius 3 is 0.910 bits per heavy atom. The topological polar surface area (TPSA) is 66.0 Å². The zero-order valence-corrected chi connectivity index (χ0v) is 68.9. The second-order valence-electron chi connectivity index (χ2n) is 32.8. The molecule has 0 saturated carbocycles. The van der Waals surface area contributed by atoms with Crippen molar-refractivity contribution in [3.05, 3.63) is 484 Å². The molecule has 3 atom stereocenters. The fourth-order valence-corrected chi connectivity index (χ4v) is 18.7. The van der Waals surface area contributed by atoms with Crippen molar-refractivity contribution < 1.29 is 14.4 Å². The summed E-state index contributed by atoms with van der Waals surface area (Å²) in [6.07, 6.45) is 0. The van der Waals surface area contributed by atoms with Gasteiger partial charge in [0.15, 0.2) is 17.3 Å². The molecule has 0 aliphatic heterocycles. The maximum atomic E-state index is 13.1. The fraction of sp³-hybridized carbons (Fsp3) is 0.0776. The van der Waals surface area contributed by atoms with Gasteiger partial charge < -0.3 is 13.7 Å². The highest BCUT2D eigenvalue weighted by Crippen LogP contribution is 2.44. The van der Waals surface area contributed by atoms with Gasteiger partial charge in [-0.25, -0.2) is 0 Å². The Kier molecular flexibility index (Phi) is 19.6. The van der Waals surface area contributed by atoms with E-state index < -0.39 is 0 Å². The molecule has 0 radical (unpaired) electrons. The molecule has 584 valence electrons. The molecule has 6 heteroatoms. The Bertz CT molecular complexity index is 7770. The number of rotatable bonds is 15. The minimum atomic E-state index is 0.0374. The number of ketones is 3. The molecule has 6 nitrogen and oxygen atoms in total. The van der Waals surface area contributed by atoms with Crippen molar-refractivity contribution in [2.45, 2.75) is 59.3 Å². The zero-order chi connectivity index (χ0) is 82.8. The lowest BCUT2D eigenvalue weighted by atomic mass is 9.85. The van der Waals surface area contributed by atoms with E-state index in [1.807, 2.05) is 127 Å². The van der Waals surface area contributed by atoms with Gasteiger partial charge in [0.2, 0.25) is 0 Å². The lowest BCUT2D eigenvalue weighted by Crippen LogP contribution is -2.02. The van der Waals surface area contributed by atoms with Crippen LogP contribution in [0.5, 0.6) is 0 Å². The number of aromatic nitrogens is 3. The SMILES string of the molecule is Cc1ccc2c(c1)c1cc(C(C)c3ccc4ccc5cccc6ccc3c4c56)ccc1n2-c1ccc(C(=O)c2ccccc2)cc1.Cc1ccc2c(c1)c1cc(C(C)c3cccc4ccccc34)ccc1n2-c1ccc(C(=O)c2ccccc2)cc1.Cc1ccc2c(c1)c1cc(C(C)c3ccccc3)ccc1n2-c1ccc(C(=O)c2ccccc2)cc1. The number of carbonyl (C=O) groups excluding carboxylic acids is 3. The van der Waals surface area contributed by atoms with E-state index in [0.717, 1.165) is 39.1 Å². The van der Waals surface area contributed by atoms with Gasteiger partial charge in [0.25, 0.3) is 0 Å². The van der Waals surface area contributed by atoms with E-state index in [2.05, 4.69) is 328 Å². The van der Waals surface area contributed by atoms with Gasteiger partial charge in [-0.05, 0) is 243 Å². The van der Waals surface area contributed by atoms with Gasteiger partial charge >= 0.3 is 0 Å². The molecule has 0 aliphatic carbocycles. The Morgan fingerprint density at radius 2 is 0.500 bits per heavy atom. The lowest BCUT2D eigenvalue weighted by molar-refractivity contribution is 0.103. The maximum Gasteiger partial charge on any atom is 0.193 e. The smallest absolute Gasteiger partial charge is 0.193 e. The third kappa shape index (κ3) is 13.8. The summed E-state index contributed by atoms with van der Waals surface area (Å²) in [6.45, 7) is 13.3. The first-order chi connectivity index (χ1) is 59.7. The third-order valence-electron chi connectivity index (χ3n) is 25.2. The van der Waals surface area contributed by atoms with Crippen LogP contribution < -0.4 is 0 Å². The van der Waals surface area contributed by atoms with E-state index in [1.165, 1.54) is 137 Å². The first-order valence-electron chi connectivity index (χ1n) is 42.2. The van der Waals surface area contributed by atoms with Crippen LogP contribution >= 0.6 is 0 Å². The highest BCUT2D eigenvalue weighted by atomic mass is 16.1. The van der Waals surface area contributed by atoms with Crippen LogP contribution in [0, 0.1) is 20.8 Å². The van der Waals surface area contributed by atoms with E-state index in [9.17, 15) is 14.4 Å². The van der Waals surface area contributed by atoms with Gasteiger partial charge in [0.05, 0.1) is 33.1 Å². The van der Waals surface area contributed by atoms with Gasteiger partial charge in [-0.3, -0.25) is 14.4 Å². The number of fused-ring (bicyclic) bond motifs is 10. The molecule has 122 heavy (non-hydrogen) atoms. The van der Waals surface area contributed by atoms with Crippen LogP contribution in [-0.2, 0) is 0 Å². The minimum absolute atomic E-state index is 0.0374. The molecule has 3 unspecified atom stereocenters. The van der Waals surface area contributed by atoms with Crippen molar-refractivity contribution in [2.75, 3.05) is 0 Å². The summed E-state index contributed by atoms with van der Waals surface area (Å²) in [5.74, 6) is 0.886. The second-order valence-corrected chi connectivity index (χ2v) is 32.8. The van der Waals surface area contributed by atoms with Crippen LogP contribution in [0.25, 0.3) is 126 Å². The Labute approximate surface area is 709 Å². The molecule has 22 rings (SSSR count). The molecular weight excluding hydrogens is 1480 g/mol. The molecule has 3 aromatic heterocycles. The predicted molar refractivity (Wildman–Crippen MR) is 509 cm³/mol. The van der Waals surface area contributed by atoms with E-state index in [1.54, 1.807) is 0 Å². The number of nitrogens with zero attached hydrogens (tertiary/aromatic N) is 3. The molecule has 0 N–H and O–H groups in total. The summed E-state index contributed by atoms with van der Waals surface area (Å²) in [4.78, 5) is 39.0.